The van der Waals surface area contributed by atoms with Gasteiger partial charge in [-0.3, -0.25) is 4.90 Å². The van der Waals surface area contributed by atoms with Crippen molar-refractivity contribution in [2.45, 2.75) is 38.4 Å². The summed E-state index contributed by atoms with van der Waals surface area (Å²) in [6, 6.07) is 11.3. The molecule has 0 saturated carbocycles. The van der Waals surface area contributed by atoms with Crippen LogP contribution >= 0.6 is 11.3 Å². The Hall–Kier alpha value is -1.23. The van der Waals surface area contributed by atoms with Gasteiger partial charge in [-0.05, 0) is 49.5 Å². The first-order valence-electron chi connectivity index (χ1n) is 7.31. The van der Waals surface area contributed by atoms with Crippen LogP contribution in [0.15, 0.2) is 41.8 Å². The summed E-state index contributed by atoms with van der Waals surface area (Å²) in [6.45, 7) is 4.27. The highest BCUT2D eigenvalue weighted by Crippen LogP contribution is 2.33. The van der Waals surface area contributed by atoms with E-state index in [9.17, 15) is 4.39 Å². The summed E-state index contributed by atoms with van der Waals surface area (Å²) in [5.74, 6) is -0.212. The van der Waals surface area contributed by atoms with E-state index in [4.69, 9.17) is 5.73 Å². The molecule has 0 aliphatic heterocycles. The second-order valence-electron chi connectivity index (χ2n) is 5.43. The first kappa shape index (κ1) is 16.1. The van der Waals surface area contributed by atoms with Crippen molar-refractivity contribution in [2.75, 3.05) is 7.05 Å². The standard InChI is InChI=1S/C17H23FN2S/c1-4-15(19)17(13-7-9-14(18)10-8-13)20(3)12(2)16-6-5-11-21-16/h5-12,15,17H,4,19H2,1-3H3. The average molecular weight is 306 g/mol. The molecule has 2 aromatic rings. The van der Waals surface area contributed by atoms with Crippen molar-refractivity contribution in [3.05, 3.63) is 58.0 Å². The molecule has 2 N–H and O–H groups in total. The highest BCUT2D eigenvalue weighted by molar-refractivity contribution is 7.10. The molecule has 0 spiro atoms. The van der Waals surface area contributed by atoms with Crippen molar-refractivity contribution in [3.63, 3.8) is 0 Å². The predicted octanol–water partition coefficient (Wildman–Crippen LogP) is 4.36. The zero-order valence-corrected chi connectivity index (χ0v) is 13.6. The van der Waals surface area contributed by atoms with E-state index in [1.165, 1.54) is 17.0 Å². The van der Waals surface area contributed by atoms with Crippen LogP contribution in [0.5, 0.6) is 0 Å². The molecule has 2 rings (SSSR count). The van der Waals surface area contributed by atoms with Crippen LogP contribution in [-0.4, -0.2) is 18.0 Å². The second-order valence-corrected chi connectivity index (χ2v) is 6.40. The van der Waals surface area contributed by atoms with E-state index >= 15 is 0 Å². The van der Waals surface area contributed by atoms with E-state index < -0.39 is 0 Å². The van der Waals surface area contributed by atoms with Crippen molar-refractivity contribution >= 4 is 11.3 Å². The monoisotopic (exact) mass is 306 g/mol. The maximum atomic E-state index is 13.2. The number of benzene rings is 1. The second kappa shape index (κ2) is 7.16. The molecule has 1 aromatic heterocycles. The van der Waals surface area contributed by atoms with E-state index in [0.717, 1.165) is 12.0 Å². The first-order chi connectivity index (χ1) is 10.0. The Morgan fingerprint density at radius 2 is 1.90 bits per heavy atom. The van der Waals surface area contributed by atoms with Crippen LogP contribution in [-0.2, 0) is 0 Å². The molecule has 0 aliphatic carbocycles. The Kier molecular flexibility index (Phi) is 5.51. The molecule has 3 atom stereocenters. The lowest BCUT2D eigenvalue weighted by molar-refractivity contribution is 0.161. The van der Waals surface area contributed by atoms with E-state index in [2.05, 4.69) is 43.3 Å². The number of hydrogen-bond acceptors (Lipinski definition) is 3. The van der Waals surface area contributed by atoms with Crippen LogP contribution in [0, 0.1) is 5.82 Å². The third-order valence-electron chi connectivity index (χ3n) is 4.09. The number of rotatable bonds is 6. The lowest BCUT2D eigenvalue weighted by atomic mass is 9.95. The molecular weight excluding hydrogens is 283 g/mol. The molecule has 21 heavy (non-hydrogen) atoms. The van der Waals surface area contributed by atoms with Crippen LogP contribution in [0.1, 0.15) is 42.8 Å². The molecule has 1 aromatic carbocycles. The average Bonchev–Trinajstić information content (AvgIpc) is 3.02. The zero-order chi connectivity index (χ0) is 15.4. The Morgan fingerprint density at radius 1 is 1.24 bits per heavy atom. The van der Waals surface area contributed by atoms with E-state index in [1.807, 2.05) is 12.1 Å². The zero-order valence-electron chi connectivity index (χ0n) is 12.8. The third kappa shape index (κ3) is 3.70. The van der Waals surface area contributed by atoms with Gasteiger partial charge in [0.2, 0.25) is 0 Å². The van der Waals surface area contributed by atoms with Gasteiger partial charge in [0.1, 0.15) is 5.82 Å². The summed E-state index contributed by atoms with van der Waals surface area (Å²) in [7, 11) is 2.09. The number of hydrogen-bond donors (Lipinski definition) is 1. The molecule has 0 radical (unpaired) electrons. The Balaban J connectivity index is 2.29. The minimum absolute atomic E-state index is 0.0165. The number of nitrogens with zero attached hydrogens (tertiary/aromatic N) is 1. The van der Waals surface area contributed by atoms with Gasteiger partial charge in [0.15, 0.2) is 0 Å². The highest BCUT2D eigenvalue weighted by Gasteiger charge is 2.27. The van der Waals surface area contributed by atoms with E-state index in [1.54, 1.807) is 11.3 Å². The smallest absolute Gasteiger partial charge is 0.123 e. The Morgan fingerprint density at radius 3 is 2.43 bits per heavy atom. The normalized spacial score (nSPS) is 15.9. The molecule has 4 heteroatoms. The van der Waals surface area contributed by atoms with Crippen molar-refractivity contribution in [2.24, 2.45) is 5.73 Å². The number of likely N-dealkylation sites (N-methyl/N-ethyl adjacent to an activating group) is 1. The fourth-order valence-corrected chi connectivity index (χ4v) is 3.47. The summed E-state index contributed by atoms with van der Waals surface area (Å²) >= 11 is 1.75. The van der Waals surface area contributed by atoms with Gasteiger partial charge in [-0.1, -0.05) is 25.1 Å². The summed E-state index contributed by atoms with van der Waals surface area (Å²) < 4.78 is 13.2. The van der Waals surface area contributed by atoms with Gasteiger partial charge < -0.3 is 5.73 Å². The quantitative estimate of drug-likeness (QED) is 0.859. The summed E-state index contributed by atoms with van der Waals surface area (Å²) in [4.78, 5) is 3.60. The largest absolute Gasteiger partial charge is 0.326 e. The molecule has 3 unspecified atom stereocenters. The van der Waals surface area contributed by atoms with Gasteiger partial charge in [-0.25, -0.2) is 4.39 Å². The van der Waals surface area contributed by atoms with Crippen LogP contribution in [0.2, 0.25) is 0 Å². The Labute approximate surface area is 130 Å². The fraction of sp³-hybridized carbons (Fsp3) is 0.412. The summed E-state index contributed by atoms with van der Waals surface area (Å²) in [5, 5.41) is 2.09. The fourth-order valence-electron chi connectivity index (χ4n) is 2.64. The topological polar surface area (TPSA) is 29.3 Å². The molecule has 114 valence electrons. The predicted molar refractivity (Wildman–Crippen MR) is 87.9 cm³/mol. The first-order valence-corrected chi connectivity index (χ1v) is 8.19. The Bertz CT molecular complexity index is 538. The molecule has 2 nitrogen and oxygen atoms in total. The number of thiophene rings is 1. The van der Waals surface area contributed by atoms with Gasteiger partial charge in [-0.15, -0.1) is 11.3 Å². The molecular formula is C17H23FN2S. The van der Waals surface area contributed by atoms with Crippen LogP contribution in [0.4, 0.5) is 4.39 Å². The van der Waals surface area contributed by atoms with Gasteiger partial charge >= 0.3 is 0 Å². The number of nitrogens with two attached hydrogens (primary N) is 1. The maximum absolute atomic E-state index is 13.2. The van der Waals surface area contributed by atoms with Gasteiger partial charge in [0.25, 0.3) is 0 Å². The summed E-state index contributed by atoms with van der Waals surface area (Å²) in [5.41, 5.74) is 7.41. The van der Waals surface area contributed by atoms with Crippen molar-refractivity contribution in [3.8, 4) is 0 Å². The van der Waals surface area contributed by atoms with Gasteiger partial charge in [0.05, 0.1) is 6.04 Å². The lowest BCUT2D eigenvalue weighted by Gasteiger charge is -2.36. The molecule has 0 bridgehead atoms. The SMILES string of the molecule is CCC(N)C(c1ccc(F)cc1)N(C)C(C)c1cccs1. The minimum atomic E-state index is -0.212. The third-order valence-corrected chi connectivity index (χ3v) is 5.14. The highest BCUT2D eigenvalue weighted by atomic mass is 32.1. The van der Waals surface area contributed by atoms with E-state index in [0.29, 0.717) is 0 Å². The minimum Gasteiger partial charge on any atom is -0.326 e. The van der Waals surface area contributed by atoms with E-state index in [-0.39, 0.29) is 23.9 Å². The lowest BCUT2D eigenvalue weighted by Crippen LogP contribution is -2.39. The van der Waals surface area contributed by atoms with Gasteiger partial charge in [-0.2, -0.15) is 0 Å². The van der Waals surface area contributed by atoms with Crippen molar-refractivity contribution in [1.82, 2.24) is 4.90 Å². The maximum Gasteiger partial charge on any atom is 0.123 e. The molecule has 0 saturated heterocycles. The number of halogens is 1. The molecule has 0 fully saturated rings. The van der Waals surface area contributed by atoms with Crippen molar-refractivity contribution in [1.29, 1.82) is 0 Å². The van der Waals surface area contributed by atoms with Crippen LogP contribution < -0.4 is 5.73 Å². The molecule has 0 amide bonds. The van der Waals surface area contributed by atoms with Gasteiger partial charge in [0, 0.05) is 17.0 Å². The van der Waals surface area contributed by atoms with Crippen LogP contribution in [0.3, 0.4) is 0 Å². The molecule has 1 heterocycles. The van der Waals surface area contributed by atoms with Crippen LogP contribution in [0.25, 0.3) is 0 Å². The molecule has 0 aliphatic rings. The summed E-state index contributed by atoms with van der Waals surface area (Å²) in [6.07, 6.45) is 0.879. The van der Waals surface area contributed by atoms with Crippen molar-refractivity contribution < 1.29 is 4.39 Å².